The van der Waals surface area contributed by atoms with E-state index in [2.05, 4.69) is 25.6 Å². The summed E-state index contributed by atoms with van der Waals surface area (Å²) in [5.41, 5.74) is 2.20. The van der Waals surface area contributed by atoms with Crippen molar-refractivity contribution < 1.29 is 22.7 Å². The second-order valence-corrected chi connectivity index (χ2v) is 7.54. The predicted octanol–water partition coefficient (Wildman–Crippen LogP) is 4.66. The molecule has 0 aliphatic rings. The van der Waals surface area contributed by atoms with Crippen LogP contribution in [0.2, 0.25) is 0 Å². The van der Waals surface area contributed by atoms with Gasteiger partial charge in [0, 0.05) is 17.8 Å². The van der Waals surface area contributed by atoms with Crippen molar-refractivity contribution in [3.8, 4) is 5.88 Å². The average molecular weight is 482 g/mol. The normalized spacial score (nSPS) is 11.9. The number of aromatic nitrogens is 5. The summed E-state index contributed by atoms with van der Waals surface area (Å²) in [6, 6.07) is 18.0. The monoisotopic (exact) mass is 482 g/mol. The molecule has 2 heterocycles. The number of ether oxygens (including phenoxy) is 1. The van der Waals surface area contributed by atoms with Crippen LogP contribution in [0.3, 0.4) is 0 Å². The first-order valence-electron chi connectivity index (χ1n) is 10.6. The molecule has 0 aliphatic heterocycles. The molecule has 0 saturated heterocycles. The number of alkyl halides is 3. The minimum atomic E-state index is -4.37. The van der Waals surface area contributed by atoms with Crippen molar-refractivity contribution in [2.75, 3.05) is 0 Å². The highest BCUT2D eigenvalue weighted by Gasteiger charge is 2.29. The Hall–Kier alpha value is -4.28. The van der Waals surface area contributed by atoms with Gasteiger partial charge in [-0.1, -0.05) is 47.6 Å². The lowest BCUT2D eigenvalue weighted by Gasteiger charge is -2.07. The van der Waals surface area contributed by atoms with Crippen molar-refractivity contribution in [2.45, 2.75) is 32.9 Å². The smallest absolute Gasteiger partial charge is 0.416 e. The van der Waals surface area contributed by atoms with Crippen LogP contribution in [-0.2, 0) is 30.8 Å². The lowest BCUT2D eigenvalue weighted by Crippen LogP contribution is -2.05. The number of halogens is 3. The summed E-state index contributed by atoms with van der Waals surface area (Å²) in [4.78, 5) is 11.0. The second-order valence-electron chi connectivity index (χ2n) is 7.54. The molecule has 0 spiro atoms. The van der Waals surface area contributed by atoms with E-state index in [-0.39, 0.29) is 13.2 Å². The predicted molar refractivity (Wildman–Crippen MR) is 120 cm³/mol. The molecule has 4 aromatic rings. The molecule has 0 unspecified atom stereocenters. The van der Waals surface area contributed by atoms with E-state index in [0.717, 1.165) is 17.7 Å². The van der Waals surface area contributed by atoms with Gasteiger partial charge in [0.2, 0.25) is 11.7 Å². The first-order valence-corrected chi connectivity index (χ1v) is 10.6. The van der Waals surface area contributed by atoms with E-state index >= 15 is 0 Å². The molecule has 0 amide bonds. The molecule has 2 aromatic carbocycles. The molecule has 0 atom stereocenters. The van der Waals surface area contributed by atoms with E-state index < -0.39 is 11.7 Å². The molecule has 4 rings (SSSR count). The van der Waals surface area contributed by atoms with Gasteiger partial charge < -0.3 is 9.57 Å². The molecule has 0 radical (unpaired) electrons. The third-order valence-electron chi connectivity index (χ3n) is 4.88. The molecule has 0 saturated carbocycles. The highest BCUT2D eigenvalue weighted by molar-refractivity contribution is 5.98. The molecular formula is C24H21F3N6O2. The summed E-state index contributed by atoms with van der Waals surface area (Å²) in [6.07, 6.45) is -2.79. The Bertz CT molecular complexity index is 1260. The van der Waals surface area contributed by atoms with Crippen LogP contribution in [0.15, 0.2) is 78.1 Å². The van der Waals surface area contributed by atoms with E-state index in [4.69, 9.17) is 9.57 Å². The lowest BCUT2D eigenvalue weighted by atomic mass is 10.1. The maximum Gasteiger partial charge on any atom is 0.416 e. The van der Waals surface area contributed by atoms with Crippen LogP contribution >= 0.6 is 0 Å². The summed E-state index contributed by atoms with van der Waals surface area (Å²) in [7, 11) is 0. The van der Waals surface area contributed by atoms with Crippen LogP contribution in [0.25, 0.3) is 0 Å². The Labute approximate surface area is 199 Å². The highest BCUT2D eigenvalue weighted by atomic mass is 19.4. The van der Waals surface area contributed by atoms with E-state index in [1.807, 2.05) is 30.3 Å². The van der Waals surface area contributed by atoms with Crippen LogP contribution < -0.4 is 4.74 Å². The maximum atomic E-state index is 12.6. The Morgan fingerprint density at radius 1 is 0.943 bits per heavy atom. The molecule has 11 heteroatoms. The topological polar surface area (TPSA) is 87.3 Å². The van der Waals surface area contributed by atoms with Gasteiger partial charge in [0.15, 0.2) is 6.61 Å². The largest absolute Gasteiger partial charge is 0.469 e. The van der Waals surface area contributed by atoms with Crippen molar-refractivity contribution in [3.63, 3.8) is 0 Å². The summed E-state index contributed by atoms with van der Waals surface area (Å²) in [5.74, 6) is 0.813. The van der Waals surface area contributed by atoms with E-state index in [0.29, 0.717) is 35.1 Å². The van der Waals surface area contributed by atoms with Crippen molar-refractivity contribution in [1.82, 2.24) is 25.2 Å². The number of benzene rings is 2. The highest BCUT2D eigenvalue weighted by Crippen LogP contribution is 2.29. The van der Waals surface area contributed by atoms with Gasteiger partial charge in [-0.3, -0.25) is 0 Å². The maximum absolute atomic E-state index is 12.6. The molecule has 0 N–H and O–H groups in total. The SMILES string of the molecule is C/C(=N\OCc1ccc(C(F)(F)F)cc1)c1ccc(OCc2nnn(Cc3ccccc3)n2)nc1. The van der Waals surface area contributed by atoms with Crippen LogP contribution in [0.1, 0.15) is 35.0 Å². The molecule has 180 valence electrons. The molecule has 8 nitrogen and oxygen atoms in total. The van der Waals surface area contributed by atoms with Crippen molar-refractivity contribution in [3.05, 3.63) is 101 Å². The van der Waals surface area contributed by atoms with Crippen LogP contribution in [-0.4, -0.2) is 30.9 Å². The number of tetrazole rings is 1. The summed E-state index contributed by atoms with van der Waals surface area (Å²) < 4.78 is 43.5. The zero-order valence-corrected chi connectivity index (χ0v) is 18.7. The number of pyridine rings is 1. The van der Waals surface area contributed by atoms with Crippen LogP contribution in [0, 0.1) is 0 Å². The number of hydrogen-bond donors (Lipinski definition) is 0. The third kappa shape index (κ3) is 6.85. The van der Waals surface area contributed by atoms with Gasteiger partial charge in [-0.15, -0.1) is 10.2 Å². The fourth-order valence-electron chi connectivity index (χ4n) is 3.01. The van der Waals surface area contributed by atoms with Crippen molar-refractivity contribution in [2.24, 2.45) is 5.16 Å². The minimum Gasteiger partial charge on any atom is -0.469 e. The standard InChI is InChI=1S/C24H21F3N6O2/c1-17(31-35-15-19-7-10-21(11-8-19)24(25,26)27)20-9-12-23(28-13-20)34-16-22-29-32-33(30-22)14-18-5-3-2-4-6-18/h2-13H,14-16H2,1H3/b31-17+. The van der Waals surface area contributed by atoms with Gasteiger partial charge in [-0.25, -0.2) is 4.98 Å². The molecular weight excluding hydrogens is 461 g/mol. The van der Waals surface area contributed by atoms with Gasteiger partial charge in [-0.2, -0.15) is 18.0 Å². The average Bonchev–Trinajstić information content (AvgIpc) is 3.30. The van der Waals surface area contributed by atoms with E-state index in [1.54, 1.807) is 25.3 Å². The molecule has 0 fully saturated rings. The quantitative estimate of drug-likeness (QED) is 0.255. The first kappa shape index (κ1) is 23.9. The van der Waals surface area contributed by atoms with Crippen molar-refractivity contribution >= 4 is 5.71 Å². The Kier molecular flexibility index (Phi) is 7.34. The van der Waals surface area contributed by atoms with Gasteiger partial charge >= 0.3 is 6.18 Å². The van der Waals surface area contributed by atoms with Gasteiger partial charge in [0.25, 0.3) is 0 Å². The molecule has 0 bridgehead atoms. The molecule has 35 heavy (non-hydrogen) atoms. The lowest BCUT2D eigenvalue weighted by molar-refractivity contribution is -0.137. The van der Waals surface area contributed by atoms with Crippen LogP contribution in [0.4, 0.5) is 13.2 Å². The van der Waals surface area contributed by atoms with E-state index in [9.17, 15) is 13.2 Å². The number of hydrogen-bond acceptors (Lipinski definition) is 7. The fraction of sp³-hybridized carbons (Fsp3) is 0.208. The van der Waals surface area contributed by atoms with Crippen LogP contribution in [0.5, 0.6) is 5.88 Å². The number of oxime groups is 1. The van der Waals surface area contributed by atoms with Crippen molar-refractivity contribution in [1.29, 1.82) is 0 Å². The molecule has 0 aliphatic carbocycles. The Morgan fingerprint density at radius 3 is 2.40 bits per heavy atom. The second kappa shape index (κ2) is 10.8. The van der Waals surface area contributed by atoms with Gasteiger partial charge in [-0.05, 0) is 41.5 Å². The zero-order chi connectivity index (χ0) is 24.7. The first-order chi connectivity index (χ1) is 16.9. The summed E-state index contributed by atoms with van der Waals surface area (Å²) in [6.45, 7) is 2.41. The fourth-order valence-corrected chi connectivity index (χ4v) is 3.01. The zero-order valence-electron chi connectivity index (χ0n) is 18.7. The Balaban J connectivity index is 1.25. The number of nitrogens with zero attached hydrogens (tertiary/aromatic N) is 6. The minimum absolute atomic E-state index is 0.0437. The van der Waals surface area contributed by atoms with Gasteiger partial charge in [0.05, 0.1) is 17.8 Å². The molecule has 2 aromatic heterocycles. The summed E-state index contributed by atoms with van der Waals surface area (Å²) in [5, 5.41) is 16.3. The number of rotatable bonds is 9. The van der Waals surface area contributed by atoms with Gasteiger partial charge in [0.1, 0.15) is 6.61 Å². The Morgan fingerprint density at radius 2 is 1.71 bits per heavy atom. The third-order valence-corrected chi connectivity index (χ3v) is 4.88. The summed E-state index contributed by atoms with van der Waals surface area (Å²) >= 11 is 0. The van der Waals surface area contributed by atoms with E-state index in [1.165, 1.54) is 16.9 Å².